The van der Waals surface area contributed by atoms with Gasteiger partial charge in [-0.1, -0.05) is 6.07 Å². The van der Waals surface area contributed by atoms with Gasteiger partial charge in [0, 0.05) is 6.54 Å². The van der Waals surface area contributed by atoms with Crippen molar-refractivity contribution in [2.75, 3.05) is 21.0 Å². The molecular formula is C17H18BrNO4. The van der Waals surface area contributed by atoms with Crippen LogP contribution in [0.4, 0.5) is 0 Å². The van der Waals surface area contributed by atoms with Crippen LogP contribution in [0.25, 0.3) is 0 Å². The average molecular weight is 380 g/mol. The van der Waals surface area contributed by atoms with Gasteiger partial charge in [-0.05, 0) is 58.4 Å². The molecule has 0 radical (unpaired) electrons. The van der Waals surface area contributed by atoms with Crippen LogP contribution in [0, 0.1) is 0 Å². The third-order valence-corrected chi connectivity index (χ3v) is 4.08. The molecule has 0 atom stereocenters. The Morgan fingerprint density at radius 3 is 2.74 bits per heavy atom. The molecule has 0 aliphatic carbocycles. The molecule has 0 saturated carbocycles. The second-order valence-corrected chi connectivity index (χ2v) is 5.97. The van der Waals surface area contributed by atoms with E-state index in [2.05, 4.69) is 21.2 Å². The number of fused-ring (bicyclic) bond motifs is 1. The molecule has 0 saturated heterocycles. The summed E-state index contributed by atoms with van der Waals surface area (Å²) in [6.07, 6.45) is 0. The van der Waals surface area contributed by atoms with Crippen LogP contribution in [0.1, 0.15) is 11.1 Å². The molecule has 3 rings (SSSR count). The van der Waals surface area contributed by atoms with Gasteiger partial charge in [0.05, 0.1) is 11.6 Å². The van der Waals surface area contributed by atoms with Gasteiger partial charge in [0.25, 0.3) is 0 Å². The molecule has 2 aromatic carbocycles. The lowest BCUT2D eigenvalue weighted by atomic mass is 10.2. The Morgan fingerprint density at radius 1 is 1.13 bits per heavy atom. The zero-order valence-corrected chi connectivity index (χ0v) is 14.6. The lowest BCUT2D eigenvalue weighted by Gasteiger charge is -2.14. The summed E-state index contributed by atoms with van der Waals surface area (Å²) in [4.78, 5) is 0. The Morgan fingerprint density at radius 2 is 1.96 bits per heavy atom. The Hall–Kier alpha value is -1.92. The fraction of sp³-hybridized carbons (Fsp3) is 0.294. The predicted molar refractivity (Wildman–Crippen MR) is 90.4 cm³/mol. The van der Waals surface area contributed by atoms with Crippen molar-refractivity contribution in [3.05, 3.63) is 45.9 Å². The molecule has 0 fully saturated rings. The summed E-state index contributed by atoms with van der Waals surface area (Å²) in [5.41, 5.74) is 2.12. The van der Waals surface area contributed by atoms with Crippen molar-refractivity contribution in [3.8, 4) is 23.0 Å². The Labute approximate surface area is 143 Å². The number of rotatable bonds is 6. The Kier molecular flexibility index (Phi) is 4.93. The van der Waals surface area contributed by atoms with Crippen LogP contribution in [-0.2, 0) is 13.2 Å². The number of hydrogen-bond acceptors (Lipinski definition) is 5. The van der Waals surface area contributed by atoms with Gasteiger partial charge in [0.15, 0.2) is 23.0 Å². The number of halogens is 1. The smallest absolute Gasteiger partial charge is 0.231 e. The summed E-state index contributed by atoms with van der Waals surface area (Å²) in [6.45, 7) is 1.44. The molecule has 0 bridgehead atoms. The highest BCUT2D eigenvalue weighted by atomic mass is 79.9. The van der Waals surface area contributed by atoms with Gasteiger partial charge in [-0.2, -0.15) is 0 Å². The van der Waals surface area contributed by atoms with Gasteiger partial charge in [0.1, 0.15) is 6.61 Å². The zero-order chi connectivity index (χ0) is 16.2. The lowest BCUT2D eigenvalue weighted by molar-refractivity contribution is 0.174. The molecule has 1 aliphatic heterocycles. The molecule has 122 valence electrons. The quantitative estimate of drug-likeness (QED) is 0.832. The van der Waals surface area contributed by atoms with E-state index >= 15 is 0 Å². The first-order valence-electron chi connectivity index (χ1n) is 7.23. The standard InChI is InChI=1S/C17H18BrNO4/c1-19-8-12-5-13(18)17(16(7-12)20-2)21-9-11-3-4-14-15(6-11)23-10-22-14/h3-7,19H,8-10H2,1-2H3. The van der Waals surface area contributed by atoms with Gasteiger partial charge in [0.2, 0.25) is 6.79 Å². The molecule has 1 heterocycles. The van der Waals surface area contributed by atoms with Crippen molar-refractivity contribution in [2.24, 2.45) is 0 Å². The summed E-state index contributed by atoms with van der Waals surface area (Å²) in [6, 6.07) is 9.77. The summed E-state index contributed by atoms with van der Waals surface area (Å²) < 4.78 is 23.0. The van der Waals surface area contributed by atoms with Crippen molar-refractivity contribution in [1.82, 2.24) is 5.32 Å². The third-order valence-electron chi connectivity index (χ3n) is 3.49. The SMILES string of the molecule is CNCc1cc(Br)c(OCc2ccc3c(c2)OCO3)c(OC)c1. The fourth-order valence-electron chi connectivity index (χ4n) is 2.41. The van der Waals surface area contributed by atoms with Crippen LogP contribution in [-0.4, -0.2) is 21.0 Å². The molecule has 1 N–H and O–H groups in total. The molecule has 6 heteroatoms. The minimum Gasteiger partial charge on any atom is -0.493 e. The van der Waals surface area contributed by atoms with Crippen molar-refractivity contribution in [3.63, 3.8) is 0 Å². The van der Waals surface area contributed by atoms with E-state index in [9.17, 15) is 0 Å². The number of hydrogen-bond donors (Lipinski definition) is 1. The molecule has 0 spiro atoms. The van der Waals surface area contributed by atoms with E-state index in [4.69, 9.17) is 18.9 Å². The van der Waals surface area contributed by atoms with Crippen LogP contribution < -0.4 is 24.3 Å². The first-order chi connectivity index (χ1) is 11.2. The maximum Gasteiger partial charge on any atom is 0.231 e. The van der Waals surface area contributed by atoms with Crippen LogP contribution in [0.2, 0.25) is 0 Å². The predicted octanol–water partition coefficient (Wildman–Crippen LogP) is 3.48. The Balaban J connectivity index is 1.77. The van der Waals surface area contributed by atoms with Gasteiger partial charge >= 0.3 is 0 Å². The van der Waals surface area contributed by atoms with E-state index in [1.807, 2.05) is 37.4 Å². The summed E-state index contributed by atoms with van der Waals surface area (Å²) in [7, 11) is 3.54. The molecular weight excluding hydrogens is 362 g/mol. The van der Waals surface area contributed by atoms with E-state index in [-0.39, 0.29) is 6.79 Å². The molecule has 5 nitrogen and oxygen atoms in total. The van der Waals surface area contributed by atoms with Crippen molar-refractivity contribution < 1.29 is 18.9 Å². The second kappa shape index (κ2) is 7.10. The normalized spacial score (nSPS) is 12.3. The van der Waals surface area contributed by atoms with E-state index in [1.54, 1.807) is 7.11 Å². The Bertz CT molecular complexity index is 705. The molecule has 23 heavy (non-hydrogen) atoms. The molecule has 1 aliphatic rings. The lowest BCUT2D eigenvalue weighted by Crippen LogP contribution is -2.06. The van der Waals surface area contributed by atoms with Crippen molar-refractivity contribution in [1.29, 1.82) is 0 Å². The topological polar surface area (TPSA) is 49.0 Å². The van der Waals surface area contributed by atoms with Crippen LogP contribution >= 0.6 is 15.9 Å². The maximum absolute atomic E-state index is 5.95. The van der Waals surface area contributed by atoms with E-state index < -0.39 is 0 Å². The van der Waals surface area contributed by atoms with Crippen LogP contribution in [0.3, 0.4) is 0 Å². The fourth-order valence-corrected chi connectivity index (χ4v) is 3.01. The van der Waals surface area contributed by atoms with Gasteiger partial charge in [-0.3, -0.25) is 0 Å². The highest BCUT2D eigenvalue weighted by molar-refractivity contribution is 9.10. The van der Waals surface area contributed by atoms with Gasteiger partial charge < -0.3 is 24.3 Å². The first-order valence-corrected chi connectivity index (χ1v) is 8.03. The monoisotopic (exact) mass is 379 g/mol. The summed E-state index contributed by atoms with van der Waals surface area (Å²) in [5, 5.41) is 3.12. The number of ether oxygens (including phenoxy) is 4. The van der Waals surface area contributed by atoms with Crippen molar-refractivity contribution >= 4 is 15.9 Å². The zero-order valence-electron chi connectivity index (χ0n) is 13.0. The maximum atomic E-state index is 5.95. The molecule has 0 aromatic heterocycles. The van der Waals surface area contributed by atoms with E-state index in [0.717, 1.165) is 33.6 Å². The van der Waals surface area contributed by atoms with Crippen LogP contribution in [0.5, 0.6) is 23.0 Å². The molecule has 0 unspecified atom stereocenters. The largest absolute Gasteiger partial charge is 0.493 e. The minimum atomic E-state index is 0.270. The first kappa shape index (κ1) is 16.0. The number of nitrogens with one attached hydrogen (secondary N) is 1. The van der Waals surface area contributed by atoms with Gasteiger partial charge in [-0.25, -0.2) is 0 Å². The molecule has 0 amide bonds. The van der Waals surface area contributed by atoms with E-state index in [0.29, 0.717) is 18.1 Å². The number of methoxy groups -OCH3 is 1. The summed E-state index contributed by atoms with van der Waals surface area (Å²) in [5.74, 6) is 2.90. The second-order valence-electron chi connectivity index (χ2n) is 5.12. The van der Waals surface area contributed by atoms with Crippen molar-refractivity contribution in [2.45, 2.75) is 13.2 Å². The highest BCUT2D eigenvalue weighted by Gasteiger charge is 2.15. The summed E-state index contributed by atoms with van der Waals surface area (Å²) >= 11 is 3.55. The third kappa shape index (κ3) is 3.54. The van der Waals surface area contributed by atoms with Crippen LogP contribution in [0.15, 0.2) is 34.8 Å². The van der Waals surface area contributed by atoms with Gasteiger partial charge in [-0.15, -0.1) is 0 Å². The minimum absolute atomic E-state index is 0.270. The highest BCUT2D eigenvalue weighted by Crippen LogP contribution is 2.38. The number of benzene rings is 2. The molecule has 2 aromatic rings. The average Bonchev–Trinajstić information content (AvgIpc) is 3.01. The van der Waals surface area contributed by atoms with E-state index in [1.165, 1.54) is 0 Å².